The molecule has 0 spiro atoms. The molecule has 7 nitrogen and oxygen atoms in total. The van der Waals surface area contributed by atoms with Crippen molar-refractivity contribution in [3.63, 3.8) is 0 Å². The third kappa shape index (κ3) is 3.09. The van der Waals surface area contributed by atoms with E-state index in [-0.39, 0.29) is 17.0 Å². The number of benzene rings is 1. The Labute approximate surface area is 118 Å². The van der Waals surface area contributed by atoms with Gasteiger partial charge in [0.05, 0.1) is 16.8 Å². The van der Waals surface area contributed by atoms with E-state index in [0.29, 0.717) is 10.7 Å². The molecular weight excluding hydrogens is 280 g/mol. The summed E-state index contributed by atoms with van der Waals surface area (Å²) < 4.78 is 0. The fourth-order valence-electron chi connectivity index (χ4n) is 1.56. The summed E-state index contributed by atoms with van der Waals surface area (Å²) in [6.07, 6.45) is 1.32. The van der Waals surface area contributed by atoms with E-state index < -0.39 is 4.92 Å². The summed E-state index contributed by atoms with van der Waals surface area (Å²) >= 11 is 1.39. The van der Waals surface area contributed by atoms with Gasteiger partial charge in [0.15, 0.2) is 0 Å². The van der Waals surface area contributed by atoms with Crippen LogP contribution < -0.4 is 5.43 Å². The Morgan fingerprint density at radius 2 is 2.25 bits per heavy atom. The number of anilines is 1. The quantitative estimate of drug-likeness (QED) is 0.512. The van der Waals surface area contributed by atoms with Crippen molar-refractivity contribution in [2.45, 2.75) is 13.8 Å². The average molecular weight is 292 g/mol. The maximum absolute atomic E-state index is 10.8. The number of phenols is 1. The van der Waals surface area contributed by atoms with Gasteiger partial charge in [-0.1, -0.05) is 0 Å². The SMILES string of the molecule is Cc1csc(NN=Cc2cc([N+](=O)[O-])c(C)cc2O)n1. The van der Waals surface area contributed by atoms with Crippen molar-refractivity contribution < 1.29 is 10.0 Å². The van der Waals surface area contributed by atoms with Crippen LogP contribution in [-0.2, 0) is 0 Å². The molecule has 0 aliphatic rings. The van der Waals surface area contributed by atoms with Gasteiger partial charge in [-0.15, -0.1) is 11.3 Å². The number of thiazole rings is 1. The van der Waals surface area contributed by atoms with Crippen LogP contribution in [0.3, 0.4) is 0 Å². The number of aromatic nitrogens is 1. The van der Waals surface area contributed by atoms with Crippen LogP contribution >= 0.6 is 11.3 Å². The molecule has 0 saturated carbocycles. The van der Waals surface area contributed by atoms with E-state index in [4.69, 9.17) is 0 Å². The Hall–Kier alpha value is -2.48. The number of aromatic hydroxyl groups is 1. The van der Waals surface area contributed by atoms with E-state index >= 15 is 0 Å². The smallest absolute Gasteiger partial charge is 0.273 e. The van der Waals surface area contributed by atoms with Crippen LogP contribution in [0, 0.1) is 24.0 Å². The molecular formula is C12H12N4O3S. The fraction of sp³-hybridized carbons (Fsp3) is 0.167. The van der Waals surface area contributed by atoms with Gasteiger partial charge in [0.2, 0.25) is 5.13 Å². The van der Waals surface area contributed by atoms with Gasteiger partial charge in [-0.05, 0) is 19.9 Å². The van der Waals surface area contributed by atoms with Crippen molar-refractivity contribution in [3.05, 3.63) is 44.4 Å². The van der Waals surface area contributed by atoms with Crippen molar-refractivity contribution in [1.29, 1.82) is 0 Å². The molecule has 1 heterocycles. The van der Waals surface area contributed by atoms with Crippen molar-refractivity contribution in [2.75, 3.05) is 5.43 Å². The molecule has 2 N–H and O–H groups in total. The van der Waals surface area contributed by atoms with Gasteiger partial charge in [-0.2, -0.15) is 5.10 Å². The molecule has 2 aromatic rings. The number of hydrogen-bond acceptors (Lipinski definition) is 7. The molecule has 0 unspecified atom stereocenters. The first kappa shape index (κ1) is 13.9. The largest absolute Gasteiger partial charge is 0.507 e. The van der Waals surface area contributed by atoms with E-state index in [9.17, 15) is 15.2 Å². The zero-order valence-corrected chi connectivity index (χ0v) is 11.6. The zero-order valence-electron chi connectivity index (χ0n) is 10.8. The maximum atomic E-state index is 10.8. The second kappa shape index (κ2) is 5.66. The number of nitrogens with zero attached hydrogens (tertiary/aromatic N) is 3. The minimum atomic E-state index is -0.496. The van der Waals surface area contributed by atoms with Crippen molar-refractivity contribution in [2.24, 2.45) is 5.10 Å². The molecule has 1 aromatic carbocycles. The molecule has 0 aliphatic heterocycles. The maximum Gasteiger partial charge on any atom is 0.273 e. The van der Waals surface area contributed by atoms with Gasteiger partial charge >= 0.3 is 0 Å². The topological polar surface area (TPSA) is 101 Å². The lowest BCUT2D eigenvalue weighted by atomic mass is 10.1. The van der Waals surface area contributed by atoms with Gasteiger partial charge in [0.25, 0.3) is 5.69 Å². The number of hydrogen-bond donors (Lipinski definition) is 2. The summed E-state index contributed by atoms with van der Waals surface area (Å²) in [4.78, 5) is 14.5. The summed E-state index contributed by atoms with van der Waals surface area (Å²) in [5.74, 6) is -0.0611. The molecule has 1 aromatic heterocycles. The lowest BCUT2D eigenvalue weighted by molar-refractivity contribution is -0.385. The molecule has 0 amide bonds. The highest BCUT2D eigenvalue weighted by molar-refractivity contribution is 7.13. The number of phenolic OH excluding ortho intramolecular Hbond substituents is 1. The Balaban J connectivity index is 2.20. The summed E-state index contributed by atoms with van der Waals surface area (Å²) in [5.41, 5.74) is 4.18. The zero-order chi connectivity index (χ0) is 14.7. The van der Waals surface area contributed by atoms with Crippen LogP contribution in [0.4, 0.5) is 10.8 Å². The first-order chi connectivity index (χ1) is 9.47. The first-order valence-corrected chi connectivity index (χ1v) is 6.54. The molecule has 8 heteroatoms. The Kier molecular flexibility index (Phi) is 3.94. The predicted octanol–water partition coefficient (Wildman–Crippen LogP) is 2.82. The highest BCUT2D eigenvalue weighted by Gasteiger charge is 2.13. The fourth-order valence-corrected chi connectivity index (χ4v) is 2.20. The minimum Gasteiger partial charge on any atom is -0.507 e. The third-order valence-corrected chi connectivity index (χ3v) is 3.39. The van der Waals surface area contributed by atoms with Crippen LogP contribution in [0.25, 0.3) is 0 Å². The van der Waals surface area contributed by atoms with Crippen molar-refractivity contribution >= 4 is 28.4 Å². The van der Waals surface area contributed by atoms with Crippen LogP contribution in [0.2, 0.25) is 0 Å². The highest BCUT2D eigenvalue weighted by atomic mass is 32.1. The monoisotopic (exact) mass is 292 g/mol. The molecule has 0 bridgehead atoms. The number of nitro benzene ring substituents is 1. The summed E-state index contributed by atoms with van der Waals surface area (Å²) in [6.45, 7) is 3.43. The van der Waals surface area contributed by atoms with Gasteiger partial charge < -0.3 is 5.11 Å². The molecule has 20 heavy (non-hydrogen) atoms. The van der Waals surface area contributed by atoms with E-state index in [1.165, 1.54) is 29.7 Å². The van der Waals surface area contributed by atoms with Gasteiger partial charge in [0, 0.05) is 22.6 Å². The second-order valence-corrected chi connectivity index (χ2v) is 4.98. The summed E-state index contributed by atoms with van der Waals surface area (Å²) in [5, 5.41) is 27.0. The van der Waals surface area contributed by atoms with Gasteiger partial charge in [-0.3, -0.25) is 15.5 Å². The van der Waals surface area contributed by atoms with E-state index in [1.54, 1.807) is 6.92 Å². The standard InChI is InChI=1S/C12H12N4O3S/c1-7-3-11(17)9(4-10(7)16(18)19)5-13-15-12-14-8(2)6-20-12/h3-6,17H,1-2H3,(H,14,15). The number of aryl methyl sites for hydroxylation is 2. The Morgan fingerprint density at radius 3 is 2.85 bits per heavy atom. The van der Waals surface area contributed by atoms with Crippen molar-refractivity contribution in [1.82, 2.24) is 4.98 Å². The predicted molar refractivity (Wildman–Crippen MR) is 77.6 cm³/mol. The summed E-state index contributed by atoms with van der Waals surface area (Å²) in [7, 11) is 0. The number of rotatable bonds is 4. The minimum absolute atomic E-state index is 0.0608. The third-order valence-electron chi connectivity index (χ3n) is 2.52. The highest BCUT2D eigenvalue weighted by Crippen LogP contribution is 2.26. The number of nitrogens with one attached hydrogen (secondary N) is 1. The number of hydrazone groups is 1. The van der Waals surface area contributed by atoms with Crippen LogP contribution in [0.1, 0.15) is 16.8 Å². The average Bonchev–Trinajstić information content (AvgIpc) is 2.77. The molecule has 2 rings (SSSR count). The van der Waals surface area contributed by atoms with Gasteiger partial charge in [-0.25, -0.2) is 4.98 Å². The molecule has 0 radical (unpaired) electrons. The lowest BCUT2D eigenvalue weighted by Crippen LogP contribution is -1.95. The van der Waals surface area contributed by atoms with Crippen LogP contribution in [-0.4, -0.2) is 21.2 Å². The Morgan fingerprint density at radius 1 is 1.50 bits per heavy atom. The Bertz CT molecular complexity index is 681. The molecule has 0 fully saturated rings. The second-order valence-electron chi connectivity index (χ2n) is 4.12. The molecule has 104 valence electrons. The van der Waals surface area contributed by atoms with E-state index in [1.807, 2.05) is 12.3 Å². The molecule has 0 aliphatic carbocycles. The lowest BCUT2D eigenvalue weighted by Gasteiger charge is -2.02. The van der Waals surface area contributed by atoms with Crippen molar-refractivity contribution in [3.8, 4) is 5.75 Å². The van der Waals surface area contributed by atoms with Crippen LogP contribution in [0.15, 0.2) is 22.6 Å². The van der Waals surface area contributed by atoms with Crippen LogP contribution in [0.5, 0.6) is 5.75 Å². The summed E-state index contributed by atoms with van der Waals surface area (Å²) in [6, 6.07) is 2.62. The number of nitro groups is 1. The first-order valence-electron chi connectivity index (χ1n) is 5.66. The van der Waals surface area contributed by atoms with E-state index in [2.05, 4.69) is 15.5 Å². The molecule has 0 atom stereocenters. The van der Waals surface area contributed by atoms with E-state index in [0.717, 1.165) is 5.69 Å². The normalized spacial score (nSPS) is 10.9. The molecule has 0 saturated heterocycles. The van der Waals surface area contributed by atoms with Gasteiger partial charge in [0.1, 0.15) is 5.75 Å².